The summed E-state index contributed by atoms with van der Waals surface area (Å²) in [7, 11) is 2.56. The molecule has 170 valence electrons. The molecule has 10 heteroatoms. The first-order chi connectivity index (χ1) is 14.6. The van der Waals surface area contributed by atoms with Crippen molar-refractivity contribution in [1.29, 1.82) is 0 Å². The van der Waals surface area contributed by atoms with Gasteiger partial charge in [-0.25, -0.2) is 19.8 Å². The Morgan fingerprint density at radius 2 is 1.77 bits per heavy atom. The van der Waals surface area contributed by atoms with E-state index < -0.39 is 23.9 Å². The predicted octanol–water partition coefficient (Wildman–Crippen LogP) is 3.25. The quantitative estimate of drug-likeness (QED) is 0.426. The minimum Gasteiger partial charge on any atom is -0.452 e. The maximum absolute atomic E-state index is 12.1. The molecule has 2 N–H and O–H groups in total. The van der Waals surface area contributed by atoms with E-state index in [1.54, 1.807) is 18.3 Å². The number of nitrogens with zero attached hydrogens (tertiary/aromatic N) is 2. The summed E-state index contributed by atoms with van der Waals surface area (Å²) in [6, 6.07) is 3.56. The summed E-state index contributed by atoms with van der Waals surface area (Å²) in [5.41, 5.74) is 3.11. The van der Waals surface area contributed by atoms with Crippen molar-refractivity contribution in [2.45, 2.75) is 58.1 Å². The first kappa shape index (κ1) is 22.6. The van der Waals surface area contributed by atoms with Crippen molar-refractivity contribution < 1.29 is 28.6 Å². The molecule has 31 heavy (non-hydrogen) atoms. The monoisotopic (exact) mass is 434 g/mol. The number of hydrogen-bond donors (Lipinski definition) is 2. The van der Waals surface area contributed by atoms with E-state index in [2.05, 4.69) is 20.6 Å². The standard InChI is InChI=1S/C21H30N4O6/c1-20(2,3)31-17(26)22-14-11-21(12-14)9-13(10-21)16(23-24-18(27)29-4)15-7-6-8-25(15)19(28)30-5/h6-8,13-14H,9-12H2,1-5H3,(H,22,26)(H,24,27)/b23-16+. The molecule has 0 saturated heterocycles. The first-order valence-corrected chi connectivity index (χ1v) is 10.2. The minimum absolute atomic E-state index is 0.0536. The van der Waals surface area contributed by atoms with Crippen LogP contribution in [0.3, 0.4) is 0 Å². The molecule has 0 bridgehead atoms. The van der Waals surface area contributed by atoms with E-state index in [-0.39, 0.29) is 17.4 Å². The second-order valence-corrected chi connectivity index (χ2v) is 9.19. The topological polar surface area (TPSA) is 120 Å². The number of nitrogens with one attached hydrogen (secondary N) is 2. The highest BCUT2D eigenvalue weighted by Gasteiger charge is 2.55. The number of ether oxygens (including phenoxy) is 3. The van der Waals surface area contributed by atoms with Gasteiger partial charge in [0.2, 0.25) is 0 Å². The van der Waals surface area contributed by atoms with Gasteiger partial charge in [-0.15, -0.1) is 0 Å². The molecule has 0 aliphatic heterocycles. The molecule has 2 saturated carbocycles. The lowest BCUT2D eigenvalue weighted by Gasteiger charge is -2.57. The van der Waals surface area contributed by atoms with Gasteiger partial charge in [0, 0.05) is 18.2 Å². The number of aromatic nitrogens is 1. The van der Waals surface area contributed by atoms with Crippen molar-refractivity contribution in [3.8, 4) is 0 Å². The largest absolute Gasteiger partial charge is 0.452 e. The summed E-state index contributed by atoms with van der Waals surface area (Å²) >= 11 is 0. The highest BCUT2D eigenvalue weighted by molar-refractivity contribution is 6.04. The molecule has 2 fully saturated rings. The van der Waals surface area contributed by atoms with Crippen molar-refractivity contribution in [2.24, 2.45) is 16.4 Å². The zero-order chi connectivity index (χ0) is 22.8. The van der Waals surface area contributed by atoms with Gasteiger partial charge in [-0.05, 0) is 64.0 Å². The summed E-state index contributed by atoms with van der Waals surface area (Å²) in [5.74, 6) is 0.0536. The van der Waals surface area contributed by atoms with Crippen LogP contribution in [0, 0.1) is 11.3 Å². The lowest BCUT2D eigenvalue weighted by Crippen LogP contribution is -2.58. The van der Waals surface area contributed by atoms with Crippen LogP contribution in [0.5, 0.6) is 0 Å². The van der Waals surface area contributed by atoms with Gasteiger partial charge in [-0.3, -0.25) is 4.57 Å². The van der Waals surface area contributed by atoms with Crippen LogP contribution in [0.4, 0.5) is 14.4 Å². The van der Waals surface area contributed by atoms with E-state index in [0.29, 0.717) is 11.4 Å². The third-order valence-corrected chi connectivity index (χ3v) is 5.66. The molecule has 10 nitrogen and oxygen atoms in total. The number of amides is 2. The maximum Gasteiger partial charge on any atom is 0.427 e. The van der Waals surface area contributed by atoms with Crippen molar-refractivity contribution >= 4 is 24.0 Å². The molecule has 1 aromatic rings. The van der Waals surface area contributed by atoms with Crippen LogP contribution < -0.4 is 10.7 Å². The zero-order valence-electron chi connectivity index (χ0n) is 18.6. The van der Waals surface area contributed by atoms with E-state index >= 15 is 0 Å². The van der Waals surface area contributed by atoms with Crippen LogP contribution in [-0.2, 0) is 14.2 Å². The van der Waals surface area contributed by atoms with Gasteiger partial charge < -0.3 is 19.5 Å². The predicted molar refractivity (Wildman–Crippen MR) is 112 cm³/mol. The molecule has 0 radical (unpaired) electrons. The van der Waals surface area contributed by atoms with Crippen LogP contribution >= 0.6 is 0 Å². The van der Waals surface area contributed by atoms with E-state index in [1.807, 2.05) is 20.8 Å². The Hall–Kier alpha value is -3.04. The average molecular weight is 434 g/mol. The van der Waals surface area contributed by atoms with Crippen molar-refractivity contribution in [3.63, 3.8) is 0 Å². The van der Waals surface area contributed by atoms with Gasteiger partial charge in [0.15, 0.2) is 0 Å². The molecule has 2 amide bonds. The number of rotatable bonds is 4. The zero-order valence-corrected chi connectivity index (χ0v) is 18.6. The summed E-state index contributed by atoms with van der Waals surface area (Å²) in [6.07, 6.45) is 3.37. The molecule has 0 unspecified atom stereocenters. The highest BCUT2D eigenvalue weighted by atomic mass is 16.6. The van der Waals surface area contributed by atoms with Crippen LogP contribution in [0.2, 0.25) is 0 Å². The molecule has 1 heterocycles. The number of alkyl carbamates (subject to hydrolysis) is 1. The van der Waals surface area contributed by atoms with Gasteiger partial charge >= 0.3 is 18.3 Å². The van der Waals surface area contributed by atoms with E-state index in [1.165, 1.54) is 18.8 Å². The number of hydrogen-bond acceptors (Lipinski definition) is 7. The molecule has 1 aromatic heterocycles. The molecule has 2 aliphatic carbocycles. The Bertz CT molecular complexity index is 871. The van der Waals surface area contributed by atoms with E-state index in [4.69, 9.17) is 9.47 Å². The fraction of sp³-hybridized carbons (Fsp3) is 0.619. The molecule has 2 aliphatic rings. The first-order valence-electron chi connectivity index (χ1n) is 10.2. The third-order valence-electron chi connectivity index (χ3n) is 5.66. The molecule has 1 spiro atoms. The Morgan fingerprint density at radius 1 is 1.10 bits per heavy atom. The second-order valence-electron chi connectivity index (χ2n) is 9.19. The number of carbonyl (C=O) groups is 3. The molecule has 3 rings (SSSR count). The Morgan fingerprint density at radius 3 is 2.35 bits per heavy atom. The highest BCUT2D eigenvalue weighted by Crippen LogP contribution is 2.59. The number of methoxy groups -OCH3 is 2. The summed E-state index contributed by atoms with van der Waals surface area (Å²) in [6.45, 7) is 5.50. The maximum atomic E-state index is 12.1. The van der Waals surface area contributed by atoms with Crippen LogP contribution in [0.25, 0.3) is 0 Å². The lowest BCUT2D eigenvalue weighted by molar-refractivity contribution is -0.0294. The van der Waals surface area contributed by atoms with Crippen molar-refractivity contribution in [1.82, 2.24) is 15.3 Å². The summed E-state index contributed by atoms with van der Waals surface area (Å²) < 4.78 is 16.1. The molecule has 0 atom stereocenters. The number of hydrazone groups is 1. The molecule has 0 aromatic carbocycles. The van der Waals surface area contributed by atoms with Crippen LogP contribution in [0.1, 0.15) is 52.1 Å². The van der Waals surface area contributed by atoms with Gasteiger partial charge in [-0.1, -0.05) is 0 Å². The SMILES string of the molecule is COC(=O)N/N=C(/c1cccn1C(=O)OC)C1CC2(CC(NC(=O)OC(C)(C)C)C2)C1. The second kappa shape index (κ2) is 8.60. The number of carbonyl (C=O) groups excluding carboxylic acids is 3. The van der Waals surface area contributed by atoms with E-state index in [9.17, 15) is 14.4 Å². The van der Waals surface area contributed by atoms with Crippen molar-refractivity contribution in [3.05, 3.63) is 24.0 Å². The molecular weight excluding hydrogens is 404 g/mol. The fourth-order valence-electron chi connectivity index (χ4n) is 4.43. The van der Waals surface area contributed by atoms with Gasteiger partial charge in [0.05, 0.1) is 25.6 Å². The summed E-state index contributed by atoms with van der Waals surface area (Å²) in [4.78, 5) is 35.6. The average Bonchev–Trinajstić information content (AvgIpc) is 3.11. The Kier molecular flexibility index (Phi) is 6.28. The molecular formula is C21H30N4O6. The van der Waals surface area contributed by atoms with Crippen LogP contribution in [0.15, 0.2) is 23.4 Å². The smallest absolute Gasteiger partial charge is 0.427 e. The minimum atomic E-state index is -0.687. The Balaban J connectivity index is 1.64. The fourth-order valence-corrected chi connectivity index (χ4v) is 4.43. The van der Waals surface area contributed by atoms with Gasteiger partial charge in [0.1, 0.15) is 5.60 Å². The van der Waals surface area contributed by atoms with Crippen LogP contribution in [-0.4, -0.2) is 54.4 Å². The third kappa shape index (κ3) is 5.18. The normalized spacial score (nSPS) is 25.1. The Labute approximate surface area is 181 Å². The van der Waals surface area contributed by atoms with Crippen molar-refractivity contribution in [2.75, 3.05) is 14.2 Å². The van der Waals surface area contributed by atoms with Gasteiger partial charge in [-0.2, -0.15) is 5.10 Å². The van der Waals surface area contributed by atoms with E-state index in [0.717, 1.165) is 25.7 Å². The van der Waals surface area contributed by atoms with Gasteiger partial charge in [0.25, 0.3) is 0 Å². The summed E-state index contributed by atoms with van der Waals surface area (Å²) in [5, 5.41) is 7.16. The lowest BCUT2D eigenvalue weighted by atomic mass is 9.49.